The van der Waals surface area contributed by atoms with Crippen molar-refractivity contribution in [2.75, 3.05) is 0 Å². The van der Waals surface area contributed by atoms with Crippen molar-refractivity contribution >= 4 is 137 Å². The van der Waals surface area contributed by atoms with Crippen molar-refractivity contribution in [3.8, 4) is 55.6 Å². The van der Waals surface area contributed by atoms with E-state index in [0.717, 1.165) is 75.8 Å². The highest BCUT2D eigenvalue weighted by atomic mass is 79.9. The maximum absolute atomic E-state index is 9.58. The first-order valence-corrected chi connectivity index (χ1v) is 31.1. The number of fused-ring (bicyclic) bond motifs is 12. The van der Waals surface area contributed by atoms with Crippen molar-refractivity contribution in [2.24, 2.45) is 0 Å². The summed E-state index contributed by atoms with van der Waals surface area (Å²) in [6.07, 6.45) is 0. The van der Waals surface area contributed by atoms with Crippen molar-refractivity contribution in [3.05, 3.63) is 320 Å². The second kappa shape index (κ2) is 24.8. The molecule has 0 fully saturated rings. The first kappa shape index (κ1) is 58.8. The number of rotatable bonds is 6. The van der Waals surface area contributed by atoms with E-state index in [1.165, 1.54) is 92.8 Å². The summed E-state index contributed by atoms with van der Waals surface area (Å²) in [5.74, 6) is 0. The van der Waals surface area contributed by atoms with Gasteiger partial charge in [0.2, 0.25) is 0 Å². The molecule has 2 aromatic heterocycles. The monoisotopic (exact) mass is 1250 g/mol. The summed E-state index contributed by atoms with van der Waals surface area (Å²) in [6.45, 7) is 0. The third-order valence-corrected chi connectivity index (χ3v) is 18.5. The summed E-state index contributed by atoms with van der Waals surface area (Å²) in [4.78, 5) is 0. The fraction of sp³-hybridized carbons (Fsp3) is 0.0233. The molecule has 0 radical (unpaired) electrons. The molecule has 0 spiro atoms. The standard InChI is InChI=1S/C42H26O.C26H15BrO.C16H13BO2.2CH4/c1-2-12-27(13-3-1)37-24-28-14-4-5-15-29(28)25-38(37)42-35-19-8-6-17-33(35)41(34-18-7-9-20-36(34)42)30-22-23-32-31-16-10-11-21-39(31)43-40(32)26-30;27-26-21-10-3-1-8-19(21)25(20-9-2-4-11-22(20)26)16-13-14-18-17-7-5-6-12-23(17)28-24(18)15-16;18-17(19)16-11-14-9-5-4-8-13(14)10-15(16)12-6-2-1-3-7-12;;/h1-26H;1-15H;1-11,18-19H;2*1H4. The Kier molecular flexibility index (Phi) is 15.9. The lowest BCUT2D eigenvalue weighted by Crippen LogP contribution is -2.31. The molecule has 440 valence electrons. The van der Waals surface area contributed by atoms with Crippen LogP contribution in [0.5, 0.6) is 0 Å². The molecule has 0 saturated heterocycles. The van der Waals surface area contributed by atoms with E-state index in [4.69, 9.17) is 8.83 Å². The lowest BCUT2D eigenvalue weighted by molar-refractivity contribution is 0.426. The van der Waals surface area contributed by atoms with Crippen LogP contribution in [0, 0.1) is 0 Å². The molecule has 0 atom stereocenters. The van der Waals surface area contributed by atoms with Crippen LogP contribution in [-0.4, -0.2) is 17.2 Å². The smallest absolute Gasteiger partial charge is 0.456 e. The normalized spacial score (nSPS) is 11.2. The number of furan rings is 2. The van der Waals surface area contributed by atoms with E-state index in [2.05, 4.69) is 240 Å². The van der Waals surface area contributed by atoms with Gasteiger partial charge in [-0.15, -0.1) is 0 Å². The van der Waals surface area contributed by atoms with Gasteiger partial charge in [0.25, 0.3) is 0 Å². The van der Waals surface area contributed by atoms with Crippen LogP contribution < -0.4 is 5.46 Å². The predicted molar refractivity (Wildman–Crippen MR) is 397 cm³/mol. The van der Waals surface area contributed by atoms with Crippen LogP contribution >= 0.6 is 15.9 Å². The SMILES string of the molecule is Brc1c2ccccc2c(-c2ccc3c(c2)oc2ccccc23)c2ccccc12.C.C.OB(O)c1cc2ccccc2cc1-c1ccccc1.c1ccc(-c2cc3ccccc3cc2-c2c3ccccc3c(-c3ccc4c(c3)oc3ccccc34)c3ccccc23)cc1. The van der Waals surface area contributed by atoms with Gasteiger partial charge in [-0.2, -0.15) is 0 Å². The molecule has 0 aliphatic carbocycles. The summed E-state index contributed by atoms with van der Waals surface area (Å²) >= 11 is 3.83. The predicted octanol–water partition coefficient (Wildman–Crippen LogP) is 23.8. The molecule has 0 amide bonds. The Morgan fingerprint density at radius 3 is 0.967 bits per heavy atom. The Morgan fingerprint density at radius 2 is 0.543 bits per heavy atom. The molecular weight excluding hydrogens is 1190 g/mol. The molecule has 0 aliphatic rings. The van der Waals surface area contributed by atoms with Gasteiger partial charge in [0.15, 0.2) is 0 Å². The largest absolute Gasteiger partial charge is 0.489 e. The number of halogens is 1. The van der Waals surface area contributed by atoms with Crippen molar-refractivity contribution in [1.82, 2.24) is 0 Å². The van der Waals surface area contributed by atoms with E-state index in [1.807, 2.05) is 91.0 Å². The van der Waals surface area contributed by atoms with Crippen molar-refractivity contribution in [3.63, 3.8) is 0 Å². The topological polar surface area (TPSA) is 66.7 Å². The van der Waals surface area contributed by atoms with E-state index < -0.39 is 7.12 Å². The minimum atomic E-state index is -1.47. The van der Waals surface area contributed by atoms with Crippen molar-refractivity contribution in [2.45, 2.75) is 14.9 Å². The van der Waals surface area contributed by atoms with Crippen LogP contribution in [0.25, 0.3) is 164 Å². The van der Waals surface area contributed by atoms with Crippen LogP contribution in [0.3, 0.4) is 0 Å². The third-order valence-electron chi connectivity index (χ3n) is 17.7. The van der Waals surface area contributed by atoms with Crippen molar-refractivity contribution < 1.29 is 18.9 Å². The van der Waals surface area contributed by atoms with Gasteiger partial charge in [-0.3, -0.25) is 0 Å². The molecule has 18 rings (SSSR count). The number of hydrogen-bond donors (Lipinski definition) is 2. The molecule has 18 aromatic rings. The zero-order valence-electron chi connectivity index (χ0n) is 48.7. The van der Waals surface area contributed by atoms with Gasteiger partial charge < -0.3 is 18.9 Å². The molecule has 4 nitrogen and oxygen atoms in total. The Hall–Kier alpha value is -10.9. The molecule has 0 bridgehead atoms. The van der Waals surface area contributed by atoms with Crippen LogP contribution in [0.4, 0.5) is 0 Å². The lowest BCUT2D eigenvalue weighted by Gasteiger charge is -2.20. The van der Waals surface area contributed by atoms with Gasteiger partial charge in [-0.25, -0.2) is 0 Å². The fourth-order valence-electron chi connectivity index (χ4n) is 13.5. The fourth-order valence-corrected chi connectivity index (χ4v) is 14.2. The van der Waals surface area contributed by atoms with Gasteiger partial charge in [0, 0.05) is 26.0 Å². The maximum atomic E-state index is 9.58. The lowest BCUT2D eigenvalue weighted by atomic mass is 9.74. The first-order valence-electron chi connectivity index (χ1n) is 30.3. The number of hydrogen-bond acceptors (Lipinski definition) is 4. The van der Waals surface area contributed by atoms with Gasteiger partial charge in [0.05, 0.1) is 0 Å². The minimum Gasteiger partial charge on any atom is -0.456 e. The number of benzene rings is 16. The molecule has 0 saturated carbocycles. The Balaban J connectivity index is 0.000000129. The summed E-state index contributed by atoms with van der Waals surface area (Å²) in [7, 11) is -1.47. The second-order valence-corrected chi connectivity index (χ2v) is 23.7. The summed E-state index contributed by atoms with van der Waals surface area (Å²) in [5, 5.41) is 38.2. The zero-order chi connectivity index (χ0) is 60.2. The molecule has 0 aliphatic heterocycles. The Morgan fingerprint density at radius 1 is 0.239 bits per heavy atom. The molecule has 2 heterocycles. The summed E-state index contributed by atoms with van der Waals surface area (Å²) < 4.78 is 13.6. The van der Waals surface area contributed by atoms with Crippen LogP contribution in [0.2, 0.25) is 0 Å². The molecule has 16 aromatic carbocycles. The highest BCUT2D eigenvalue weighted by Crippen LogP contribution is 2.48. The van der Waals surface area contributed by atoms with Gasteiger partial charge >= 0.3 is 7.12 Å². The van der Waals surface area contributed by atoms with Gasteiger partial charge in [-0.05, 0) is 196 Å². The molecule has 2 N–H and O–H groups in total. The number of para-hydroxylation sites is 2. The van der Waals surface area contributed by atoms with Gasteiger partial charge in [0.1, 0.15) is 22.3 Å². The third kappa shape index (κ3) is 10.4. The van der Waals surface area contributed by atoms with Crippen LogP contribution in [0.1, 0.15) is 14.9 Å². The average Bonchev–Trinajstić information content (AvgIpc) is 0.850. The Labute approximate surface area is 542 Å². The molecule has 6 heteroatoms. The molecule has 92 heavy (non-hydrogen) atoms. The maximum Gasteiger partial charge on any atom is 0.489 e. The van der Waals surface area contributed by atoms with Crippen LogP contribution in [-0.2, 0) is 0 Å². The highest BCUT2D eigenvalue weighted by molar-refractivity contribution is 9.10. The second-order valence-electron chi connectivity index (χ2n) is 22.9. The quantitative estimate of drug-likeness (QED) is 0.129. The first-order chi connectivity index (χ1) is 44.4. The van der Waals surface area contributed by atoms with E-state index in [1.54, 1.807) is 0 Å². The average molecular weight is 1250 g/mol. The summed E-state index contributed by atoms with van der Waals surface area (Å²) in [6, 6.07) is 110. The van der Waals surface area contributed by atoms with E-state index >= 15 is 0 Å². The summed E-state index contributed by atoms with van der Waals surface area (Å²) in [5.41, 5.74) is 15.9. The van der Waals surface area contributed by atoms with Crippen LogP contribution in [0.15, 0.2) is 329 Å². The van der Waals surface area contributed by atoms with Crippen molar-refractivity contribution in [1.29, 1.82) is 0 Å². The van der Waals surface area contributed by atoms with E-state index in [0.29, 0.717) is 5.46 Å². The van der Waals surface area contributed by atoms with Gasteiger partial charge in [-0.1, -0.05) is 276 Å². The highest BCUT2D eigenvalue weighted by Gasteiger charge is 2.22. The Bertz CT molecular complexity index is 5680. The van der Waals surface area contributed by atoms with E-state index in [9.17, 15) is 10.0 Å². The molecular formula is C86H62BBrO4. The minimum absolute atomic E-state index is 0. The molecule has 0 unspecified atom stereocenters. The van der Waals surface area contributed by atoms with E-state index in [-0.39, 0.29) is 14.9 Å². The zero-order valence-corrected chi connectivity index (χ0v) is 50.3.